The Labute approximate surface area is 171 Å². The number of hydrogen-bond acceptors (Lipinski definition) is 4. The highest BCUT2D eigenvalue weighted by atomic mass is 19.1. The van der Waals surface area contributed by atoms with Gasteiger partial charge in [-0.2, -0.15) is 0 Å². The summed E-state index contributed by atoms with van der Waals surface area (Å²) in [6.45, 7) is 1.47. The minimum Gasteiger partial charge on any atom is -0.457 e. The predicted octanol–water partition coefficient (Wildman–Crippen LogP) is 4.46. The second-order valence-corrected chi connectivity index (χ2v) is 6.24. The maximum atomic E-state index is 13.8. The molecule has 0 radical (unpaired) electrons. The molecule has 0 saturated carbocycles. The van der Waals surface area contributed by atoms with Crippen LogP contribution in [0.2, 0.25) is 0 Å². The summed E-state index contributed by atoms with van der Waals surface area (Å²) in [4.78, 5) is 27.7. The molecule has 0 spiro atoms. The van der Waals surface area contributed by atoms with E-state index in [1.165, 1.54) is 32.3 Å². The molecular formula is C21H18F2N4O3. The monoisotopic (exact) mass is 412 g/mol. The molecule has 30 heavy (non-hydrogen) atoms. The van der Waals surface area contributed by atoms with Crippen molar-refractivity contribution in [3.8, 4) is 11.5 Å². The van der Waals surface area contributed by atoms with Crippen LogP contribution in [0.3, 0.4) is 0 Å². The second kappa shape index (κ2) is 8.99. The Morgan fingerprint density at radius 3 is 2.37 bits per heavy atom. The highest BCUT2D eigenvalue weighted by Crippen LogP contribution is 2.24. The zero-order valence-electron chi connectivity index (χ0n) is 16.1. The minimum absolute atomic E-state index is 0.129. The largest absolute Gasteiger partial charge is 0.457 e. The summed E-state index contributed by atoms with van der Waals surface area (Å²) < 4.78 is 32.8. The Bertz CT molecular complexity index is 1090. The maximum absolute atomic E-state index is 13.8. The predicted molar refractivity (Wildman–Crippen MR) is 108 cm³/mol. The van der Waals surface area contributed by atoms with Gasteiger partial charge in [-0.1, -0.05) is 0 Å². The number of anilines is 2. The van der Waals surface area contributed by atoms with Gasteiger partial charge in [0, 0.05) is 31.1 Å². The van der Waals surface area contributed by atoms with E-state index in [9.17, 15) is 18.4 Å². The van der Waals surface area contributed by atoms with Crippen LogP contribution < -0.4 is 20.7 Å². The van der Waals surface area contributed by atoms with Crippen molar-refractivity contribution in [3.63, 3.8) is 0 Å². The third-order valence-electron chi connectivity index (χ3n) is 4.04. The number of nitrogens with one attached hydrogen (secondary N) is 3. The molecule has 0 fully saturated rings. The van der Waals surface area contributed by atoms with Crippen LogP contribution in [0.4, 0.5) is 25.0 Å². The molecule has 2 aromatic carbocycles. The number of carbonyl (C=O) groups excluding carboxylic acids is 2. The van der Waals surface area contributed by atoms with Crippen LogP contribution in [0.5, 0.6) is 11.5 Å². The number of pyridine rings is 1. The Morgan fingerprint density at radius 1 is 0.933 bits per heavy atom. The fraction of sp³-hybridized carbons (Fsp3) is 0.0952. The summed E-state index contributed by atoms with van der Waals surface area (Å²) in [6.07, 6.45) is 1.45. The molecule has 7 nitrogen and oxygen atoms in total. The third kappa shape index (κ3) is 5.07. The molecule has 0 aliphatic carbocycles. The van der Waals surface area contributed by atoms with E-state index in [2.05, 4.69) is 20.9 Å². The Hall–Kier alpha value is -4.01. The highest BCUT2D eigenvalue weighted by molar-refractivity contribution is 5.99. The lowest BCUT2D eigenvalue weighted by molar-refractivity contribution is 0.0958. The van der Waals surface area contributed by atoms with E-state index in [4.69, 9.17) is 4.74 Å². The van der Waals surface area contributed by atoms with Crippen molar-refractivity contribution < 1.29 is 23.1 Å². The van der Waals surface area contributed by atoms with Crippen molar-refractivity contribution >= 4 is 23.3 Å². The Kier molecular flexibility index (Phi) is 6.21. The molecule has 0 atom stereocenters. The third-order valence-corrected chi connectivity index (χ3v) is 4.04. The van der Waals surface area contributed by atoms with E-state index >= 15 is 0 Å². The first-order valence-electron chi connectivity index (χ1n) is 8.85. The minimum atomic E-state index is -0.870. The van der Waals surface area contributed by atoms with Crippen molar-refractivity contribution in [2.75, 3.05) is 17.7 Å². The molecule has 0 saturated heterocycles. The molecule has 0 aliphatic heterocycles. The first kappa shape index (κ1) is 20.7. The number of aryl methyl sites for hydroxylation is 1. The van der Waals surface area contributed by atoms with E-state index < -0.39 is 17.7 Å². The molecule has 1 aromatic heterocycles. The van der Waals surface area contributed by atoms with Crippen LogP contribution in [-0.4, -0.2) is 24.0 Å². The van der Waals surface area contributed by atoms with Crippen LogP contribution in [0, 0.1) is 18.6 Å². The number of urea groups is 1. The number of nitrogens with zero attached hydrogens (tertiary/aromatic N) is 1. The van der Waals surface area contributed by atoms with Crippen LogP contribution in [0.1, 0.15) is 16.1 Å². The van der Waals surface area contributed by atoms with Gasteiger partial charge >= 0.3 is 6.03 Å². The zero-order valence-corrected chi connectivity index (χ0v) is 16.1. The summed E-state index contributed by atoms with van der Waals surface area (Å²) >= 11 is 0. The zero-order chi connectivity index (χ0) is 21.7. The average Bonchev–Trinajstić information content (AvgIpc) is 2.73. The smallest absolute Gasteiger partial charge is 0.323 e. The van der Waals surface area contributed by atoms with Gasteiger partial charge in [0.15, 0.2) is 0 Å². The van der Waals surface area contributed by atoms with E-state index in [0.717, 1.165) is 0 Å². The van der Waals surface area contributed by atoms with Gasteiger partial charge in [0.05, 0.1) is 5.69 Å². The summed E-state index contributed by atoms with van der Waals surface area (Å²) in [5.74, 6) is -1.01. The molecule has 0 unspecified atom stereocenters. The summed E-state index contributed by atoms with van der Waals surface area (Å²) in [5.41, 5.74) is 0.730. The molecule has 3 N–H and O–H groups in total. The van der Waals surface area contributed by atoms with Gasteiger partial charge in [-0.3, -0.25) is 9.78 Å². The SMILES string of the molecule is CNC(=O)c1cc(Oc2ccc(NC(=O)Nc3cc(C)c(F)cc3F)cc2)ccn1. The Balaban J connectivity index is 1.63. The topological polar surface area (TPSA) is 92.4 Å². The second-order valence-electron chi connectivity index (χ2n) is 6.24. The molecule has 3 aromatic rings. The quantitative estimate of drug-likeness (QED) is 0.577. The lowest BCUT2D eigenvalue weighted by Gasteiger charge is -2.11. The van der Waals surface area contributed by atoms with Gasteiger partial charge < -0.3 is 20.7 Å². The molecule has 3 rings (SSSR count). The van der Waals surface area contributed by atoms with Gasteiger partial charge in [0.1, 0.15) is 28.8 Å². The van der Waals surface area contributed by atoms with Crippen molar-refractivity contribution in [3.05, 3.63) is 77.6 Å². The molecule has 154 valence electrons. The van der Waals surface area contributed by atoms with Crippen LogP contribution >= 0.6 is 0 Å². The number of rotatable bonds is 5. The van der Waals surface area contributed by atoms with Crippen LogP contribution in [-0.2, 0) is 0 Å². The van der Waals surface area contributed by atoms with E-state index in [1.807, 2.05) is 0 Å². The summed E-state index contributed by atoms with van der Waals surface area (Å²) in [6, 6.07) is 10.7. The first-order chi connectivity index (χ1) is 14.4. The molecular weight excluding hydrogens is 394 g/mol. The van der Waals surface area contributed by atoms with Gasteiger partial charge in [0.25, 0.3) is 5.91 Å². The van der Waals surface area contributed by atoms with E-state index in [0.29, 0.717) is 23.3 Å². The lowest BCUT2D eigenvalue weighted by atomic mass is 10.2. The normalized spacial score (nSPS) is 10.3. The number of halogens is 2. The standard InChI is InChI=1S/C21H18F2N4O3/c1-12-9-18(17(23)11-16(12)22)27-21(29)26-13-3-5-14(6-4-13)30-15-7-8-25-19(10-15)20(28)24-2/h3-11H,1-2H3,(H,24,28)(H2,26,27,29). The number of aromatic nitrogens is 1. The average molecular weight is 412 g/mol. The van der Waals surface area contributed by atoms with Gasteiger partial charge in [-0.15, -0.1) is 0 Å². The maximum Gasteiger partial charge on any atom is 0.323 e. The van der Waals surface area contributed by atoms with Gasteiger partial charge in [-0.25, -0.2) is 13.6 Å². The molecule has 9 heteroatoms. The number of ether oxygens (including phenoxy) is 1. The molecule has 1 heterocycles. The van der Waals surface area contributed by atoms with E-state index in [-0.39, 0.29) is 22.9 Å². The van der Waals surface area contributed by atoms with Gasteiger partial charge in [0.2, 0.25) is 0 Å². The van der Waals surface area contributed by atoms with Crippen molar-refractivity contribution in [2.45, 2.75) is 6.92 Å². The summed E-state index contributed by atoms with van der Waals surface area (Å²) in [5, 5.41) is 7.36. The number of carbonyl (C=O) groups is 2. The van der Waals surface area contributed by atoms with Crippen LogP contribution in [0.15, 0.2) is 54.7 Å². The molecule has 3 amide bonds. The summed E-state index contributed by atoms with van der Waals surface area (Å²) in [7, 11) is 1.51. The fourth-order valence-electron chi connectivity index (χ4n) is 2.51. The number of benzene rings is 2. The molecule has 0 bridgehead atoms. The van der Waals surface area contributed by atoms with E-state index in [1.54, 1.807) is 30.3 Å². The van der Waals surface area contributed by atoms with Crippen molar-refractivity contribution in [1.29, 1.82) is 0 Å². The first-order valence-corrected chi connectivity index (χ1v) is 8.85. The fourth-order valence-corrected chi connectivity index (χ4v) is 2.51. The van der Waals surface area contributed by atoms with Crippen LogP contribution in [0.25, 0.3) is 0 Å². The van der Waals surface area contributed by atoms with Crippen molar-refractivity contribution in [1.82, 2.24) is 10.3 Å². The molecule has 0 aliphatic rings. The van der Waals surface area contributed by atoms with Crippen molar-refractivity contribution in [2.24, 2.45) is 0 Å². The number of hydrogen-bond donors (Lipinski definition) is 3. The van der Waals surface area contributed by atoms with Gasteiger partial charge in [-0.05, 0) is 48.9 Å². The number of amides is 3. The Morgan fingerprint density at radius 2 is 1.67 bits per heavy atom. The highest BCUT2D eigenvalue weighted by Gasteiger charge is 2.11. The lowest BCUT2D eigenvalue weighted by Crippen LogP contribution is -2.20.